The van der Waals surface area contributed by atoms with Gasteiger partial charge in [-0.1, -0.05) is 6.07 Å². The van der Waals surface area contributed by atoms with Crippen molar-refractivity contribution in [3.63, 3.8) is 0 Å². The quantitative estimate of drug-likeness (QED) is 0.762. The summed E-state index contributed by atoms with van der Waals surface area (Å²) in [6.07, 6.45) is 1.90. The Balaban J connectivity index is 2.72. The molecule has 2 aromatic rings. The molecule has 74 valence electrons. The summed E-state index contributed by atoms with van der Waals surface area (Å²) in [6.45, 7) is 1.98. The van der Waals surface area contributed by atoms with Crippen LogP contribution in [-0.4, -0.2) is 12.1 Å². The Morgan fingerprint density at radius 3 is 2.79 bits per heavy atom. The lowest BCUT2D eigenvalue weighted by molar-refractivity contribution is 0.419. The Bertz CT molecular complexity index is 445. The normalized spacial score (nSPS) is 13.1. The molecule has 1 atom stereocenters. The van der Waals surface area contributed by atoms with Crippen molar-refractivity contribution in [3.8, 4) is 5.75 Å². The molecule has 2 rings (SSSR count). The molecule has 0 bridgehead atoms. The van der Waals surface area contributed by atoms with Gasteiger partial charge in [0.1, 0.15) is 5.75 Å². The van der Waals surface area contributed by atoms with E-state index in [1.165, 1.54) is 0 Å². The molecule has 0 spiro atoms. The standard InChI is InChI=1S/C11H14N2O/c1-7(12)8-3-4-10(14-2)11-9(8)5-6-13-11/h3-7,13H,12H2,1-2H3. The van der Waals surface area contributed by atoms with Gasteiger partial charge in [0, 0.05) is 17.6 Å². The number of hydrogen-bond acceptors (Lipinski definition) is 2. The largest absolute Gasteiger partial charge is 0.495 e. The predicted molar refractivity (Wildman–Crippen MR) is 57.5 cm³/mol. The number of rotatable bonds is 2. The first-order valence-corrected chi connectivity index (χ1v) is 4.63. The van der Waals surface area contributed by atoms with Crippen LogP contribution in [0.15, 0.2) is 24.4 Å². The Hall–Kier alpha value is -1.48. The molecule has 1 aromatic carbocycles. The van der Waals surface area contributed by atoms with Gasteiger partial charge in [0.25, 0.3) is 0 Å². The monoisotopic (exact) mass is 190 g/mol. The lowest BCUT2D eigenvalue weighted by Crippen LogP contribution is -2.05. The molecular formula is C11H14N2O. The van der Waals surface area contributed by atoms with Gasteiger partial charge in [-0.25, -0.2) is 0 Å². The summed E-state index contributed by atoms with van der Waals surface area (Å²) in [6, 6.07) is 6.02. The van der Waals surface area contributed by atoms with E-state index in [1.807, 2.05) is 31.3 Å². The highest BCUT2D eigenvalue weighted by molar-refractivity contribution is 5.88. The van der Waals surface area contributed by atoms with Crippen LogP contribution in [0.3, 0.4) is 0 Å². The van der Waals surface area contributed by atoms with Gasteiger partial charge in [-0.05, 0) is 24.6 Å². The van der Waals surface area contributed by atoms with Crippen LogP contribution in [0.2, 0.25) is 0 Å². The molecule has 3 nitrogen and oxygen atoms in total. The van der Waals surface area contributed by atoms with Gasteiger partial charge in [0.05, 0.1) is 12.6 Å². The minimum absolute atomic E-state index is 0.0409. The number of methoxy groups -OCH3 is 1. The zero-order valence-electron chi connectivity index (χ0n) is 8.37. The van der Waals surface area contributed by atoms with Crippen LogP contribution < -0.4 is 10.5 Å². The summed E-state index contributed by atoms with van der Waals surface area (Å²) < 4.78 is 5.25. The summed E-state index contributed by atoms with van der Waals surface area (Å²) in [5.41, 5.74) is 8.03. The van der Waals surface area contributed by atoms with Crippen molar-refractivity contribution in [2.45, 2.75) is 13.0 Å². The second kappa shape index (κ2) is 3.35. The van der Waals surface area contributed by atoms with Crippen LogP contribution in [0.1, 0.15) is 18.5 Å². The Morgan fingerprint density at radius 1 is 1.36 bits per heavy atom. The van der Waals surface area contributed by atoms with E-state index in [0.717, 1.165) is 22.2 Å². The molecule has 3 N–H and O–H groups in total. The smallest absolute Gasteiger partial charge is 0.142 e. The third kappa shape index (κ3) is 1.26. The van der Waals surface area contributed by atoms with Crippen molar-refractivity contribution in [1.82, 2.24) is 4.98 Å². The minimum atomic E-state index is 0.0409. The molecule has 3 heteroatoms. The molecule has 0 saturated heterocycles. The number of nitrogens with one attached hydrogen (secondary N) is 1. The van der Waals surface area contributed by atoms with Crippen LogP contribution in [-0.2, 0) is 0 Å². The van der Waals surface area contributed by atoms with E-state index < -0.39 is 0 Å². The van der Waals surface area contributed by atoms with Crippen molar-refractivity contribution in [2.24, 2.45) is 5.73 Å². The first kappa shape index (κ1) is 9.09. The topological polar surface area (TPSA) is 51.0 Å². The molecule has 1 aromatic heterocycles. The second-order valence-corrected chi connectivity index (χ2v) is 3.41. The number of H-pyrrole nitrogens is 1. The average Bonchev–Trinajstić information content (AvgIpc) is 2.64. The fourth-order valence-corrected chi connectivity index (χ4v) is 1.72. The summed E-state index contributed by atoms with van der Waals surface area (Å²) in [7, 11) is 1.67. The van der Waals surface area contributed by atoms with Gasteiger partial charge in [-0.3, -0.25) is 0 Å². The fraction of sp³-hybridized carbons (Fsp3) is 0.273. The average molecular weight is 190 g/mol. The Kier molecular flexibility index (Phi) is 2.17. The number of benzene rings is 1. The maximum atomic E-state index is 5.88. The lowest BCUT2D eigenvalue weighted by atomic mass is 10.0. The second-order valence-electron chi connectivity index (χ2n) is 3.41. The predicted octanol–water partition coefficient (Wildman–Crippen LogP) is 2.20. The maximum absolute atomic E-state index is 5.88. The van der Waals surface area contributed by atoms with E-state index in [9.17, 15) is 0 Å². The highest BCUT2D eigenvalue weighted by atomic mass is 16.5. The van der Waals surface area contributed by atoms with Gasteiger partial charge < -0.3 is 15.5 Å². The molecule has 0 amide bonds. The Morgan fingerprint density at radius 2 is 2.14 bits per heavy atom. The lowest BCUT2D eigenvalue weighted by Gasteiger charge is -2.09. The van der Waals surface area contributed by atoms with E-state index in [2.05, 4.69) is 4.98 Å². The van der Waals surface area contributed by atoms with Crippen LogP contribution in [0.5, 0.6) is 5.75 Å². The Labute approximate surface area is 82.9 Å². The van der Waals surface area contributed by atoms with Crippen molar-refractivity contribution in [2.75, 3.05) is 7.11 Å². The van der Waals surface area contributed by atoms with Gasteiger partial charge in [-0.2, -0.15) is 0 Å². The molecule has 0 aliphatic rings. The van der Waals surface area contributed by atoms with Gasteiger partial charge in [0.15, 0.2) is 0 Å². The molecule has 1 unspecified atom stereocenters. The third-order valence-electron chi connectivity index (χ3n) is 2.43. The summed E-state index contributed by atoms with van der Waals surface area (Å²) >= 11 is 0. The third-order valence-corrected chi connectivity index (χ3v) is 2.43. The molecule has 14 heavy (non-hydrogen) atoms. The number of nitrogens with two attached hydrogens (primary N) is 1. The van der Waals surface area contributed by atoms with Gasteiger partial charge in [0.2, 0.25) is 0 Å². The van der Waals surface area contributed by atoms with Crippen LogP contribution in [0.25, 0.3) is 10.9 Å². The van der Waals surface area contributed by atoms with Crippen LogP contribution in [0.4, 0.5) is 0 Å². The molecule has 0 radical (unpaired) electrons. The maximum Gasteiger partial charge on any atom is 0.142 e. The zero-order chi connectivity index (χ0) is 10.1. The first-order chi connectivity index (χ1) is 6.74. The molecule has 0 fully saturated rings. The zero-order valence-corrected chi connectivity index (χ0v) is 8.37. The van der Waals surface area contributed by atoms with Crippen molar-refractivity contribution < 1.29 is 4.74 Å². The highest BCUT2D eigenvalue weighted by Crippen LogP contribution is 2.29. The van der Waals surface area contributed by atoms with E-state index in [4.69, 9.17) is 10.5 Å². The van der Waals surface area contributed by atoms with Gasteiger partial charge in [-0.15, -0.1) is 0 Å². The molecular weight excluding hydrogens is 176 g/mol. The van der Waals surface area contributed by atoms with Crippen molar-refractivity contribution >= 4 is 10.9 Å². The van der Waals surface area contributed by atoms with Crippen LogP contribution >= 0.6 is 0 Å². The molecule has 0 aliphatic heterocycles. The van der Waals surface area contributed by atoms with E-state index in [1.54, 1.807) is 7.11 Å². The number of fused-ring (bicyclic) bond motifs is 1. The summed E-state index contributed by atoms with van der Waals surface area (Å²) in [5.74, 6) is 0.856. The minimum Gasteiger partial charge on any atom is -0.495 e. The molecule has 1 heterocycles. The number of aromatic amines is 1. The van der Waals surface area contributed by atoms with Crippen LogP contribution in [0, 0.1) is 0 Å². The fourth-order valence-electron chi connectivity index (χ4n) is 1.72. The number of aromatic nitrogens is 1. The molecule has 0 saturated carbocycles. The van der Waals surface area contributed by atoms with E-state index in [0.29, 0.717) is 0 Å². The van der Waals surface area contributed by atoms with Crippen molar-refractivity contribution in [1.29, 1.82) is 0 Å². The highest BCUT2D eigenvalue weighted by Gasteiger charge is 2.09. The first-order valence-electron chi connectivity index (χ1n) is 4.63. The summed E-state index contributed by atoms with van der Waals surface area (Å²) in [5, 5.41) is 1.14. The summed E-state index contributed by atoms with van der Waals surface area (Å²) in [4.78, 5) is 3.15. The number of ether oxygens (including phenoxy) is 1. The number of hydrogen-bond donors (Lipinski definition) is 2. The van der Waals surface area contributed by atoms with E-state index >= 15 is 0 Å². The van der Waals surface area contributed by atoms with Gasteiger partial charge >= 0.3 is 0 Å². The van der Waals surface area contributed by atoms with E-state index in [-0.39, 0.29) is 6.04 Å². The molecule has 0 aliphatic carbocycles. The SMILES string of the molecule is COc1ccc(C(C)N)c2cc[nH]c12. The van der Waals surface area contributed by atoms with Crippen molar-refractivity contribution in [3.05, 3.63) is 30.0 Å².